The highest BCUT2D eigenvalue weighted by atomic mass is 32.1. The van der Waals surface area contributed by atoms with Crippen LogP contribution in [0.2, 0.25) is 0 Å². The van der Waals surface area contributed by atoms with Crippen LogP contribution in [0.5, 0.6) is 0 Å². The Morgan fingerprint density at radius 3 is 2.89 bits per heavy atom. The normalized spacial score (nSPS) is 12.2. The first-order valence-electron chi connectivity index (χ1n) is 5.85. The van der Waals surface area contributed by atoms with E-state index in [1.165, 1.54) is 0 Å². The van der Waals surface area contributed by atoms with E-state index >= 15 is 0 Å². The van der Waals surface area contributed by atoms with Gasteiger partial charge in [-0.3, -0.25) is 0 Å². The third-order valence-electron chi connectivity index (χ3n) is 2.54. The molecule has 2 aromatic rings. The van der Waals surface area contributed by atoms with Crippen LogP contribution in [0.15, 0.2) is 17.6 Å². The molecule has 0 saturated heterocycles. The van der Waals surface area contributed by atoms with Crippen LogP contribution < -0.4 is 10.6 Å². The van der Waals surface area contributed by atoms with Crippen LogP contribution in [0, 0.1) is 6.92 Å². The second-order valence-corrected chi connectivity index (χ2v) is 5.05. The summed E-state index contributed by atoms with van der Waals surface area (Å²) in [5.74, 6) is 1.85. The van der Waals surface area contributed by atoms with Gasteiger partial charge in [-0.25, -0.2) is 9.97 Å². The van der Waals surface area contributed by atoms with Gasteiger partial charge in [-0.05, 0) is 6.92 Å². The molecule has 0 radical (unpaired) electrons. The molecule has 1 atom stereocenters. The van der Waals surface area contributed by atoms with Gasteiger partial charge in [0.2, 0.25) is 5.95 Å². The van der Waals surface area contributed by atoms with Crippen molar-refractivity contribution in [2.24, 2.45) is 0 Å². The number of nitrogens with one attached hydrogen (secondary N) is 2. The first kappa shape index (κ1) is 12.8. The number of thiazole rings is 1. The minimum absolute atomic E-state index is 0.373. The van der Waals surface area contributed by atoms with Crippen LogP contribution in [0.1, 0.15) is 23.5 Å². The van der Waals surface area contributed by atoms with E-state index in [2.05, 4.69) is 32.5 Å². The smallest absolute Gasteiger partial charge is 0.224 e. The maximum absolute atomic E-state index is 4.36. The molecular formula is C12H17N5S. The average Bonchev–Trinajstić information content (AvgIpc) is 2.89. The summed E-state index contributed by atoms with van der Waals surface area (Å²) in [6.07, 6.45) is 1.84. The molecule has 6 heteroatoms. The van der Waals surface area contributed by atoms with E-state index in [0.717, 1.165) is 23.1 Å². The van der Waals surface area contributed by atoms with Gasteiger partial charge in [0.05, 0.1) is 5.01 Å². The lowest BCUT2D eigenvalue weighted by molar-refractivity contribution is 0.791. The quantitative estimate of drug-likeness (QED) is 0.868. The molecule has 2 heterocycles. The Kier molecular flexibility index (Phi) is 4.09. The van der Waals surface area contributed by atoms with Crippen molar-refractivity contribution in [2.75, 3.05) is 24.2 Å². The Hall–Kier alpha value is -1.69. The zero-order valence-corrected chi connectivity index (χ0v) is 11.6. The molecule has 0 saturated carbocycles. The van der Waals surface area contributed by atoms with Gasteiger partial charge in [-0.1, -0.05) is 6.92 Å². The van der Waals surface area contributed by atoms with Crippen LogP contribution >= 0.6 is 11.3 Å². The highest BCUT2D eigenvalue weighted by molar-refractivity contribution is 7.09. The van der Waals surface area contributed by atoms with E-state index in [-0.39, 0.29) is 0 Å². The summed E-state index contributed by atoms with van der Waals surface area (Å²) in [6, 6.07) is 1.94. The van der Waals surface area contributed by atoms with Crippen molar-refractivity contribution >= 4 is 23.1 Å². The zero-order chi connectivity index (χ0) is 13.0. The minimum atomic E-state index is 0.373. The predicted molar refractivity (Wildman–Crippen MR) is 75.3 cm³/mol. The summed E-state index contributed by atoms with van der Waals surface area (Å²) in [6.45, 7) is 4.92. The highest BCUT2D eigenvalue weighted by Crippen LogP contribution is 2.18. The maximum atomic E-state index is 4.36. The Balaban J connectivity index is 1.99. The molecule has 2 aromatic heterocycles. The average molecular weight is 263 g/mol. The standard InChI is InChI=1S/C12H17N5S/c1-8(11-14-4-5-18-11)7-15-10-6-9(2)16-12(13-3)17-10/h4-6,8H,7H2,1-3H3,(H2,13,15,16,17). The van der Waals surface area contributed by atoms with E-state index in [4.69, 9.17) is 0 Å². The third-order valence-corrected chi connectivity index (χ3v) is 3.55. The summed E-state index contributed by atoms with van der Waals surface area (Å²) in [7, 11) is 1.82. The minimum Gasteiger partial charge on any atom is -0.369 e. The number of hydrogen-bond acceptors (Lipinski definition) is 6. The van der Waals surface area contributed by atoms with E-state index in [9.17, 15) is 0 Å². The molecule has 0 amide bonds. The Bertz CT molecular complexity index is 497. The fourth-order valence-corrected chi connectivity index (χ4v) is 2.29. The van der Waals surface area contributed by atoms with Crippen molar-refractivity contribution in [1.82, 2.24) is 15.0 Å². The Morgan fingerprint density at radius 1 is 1.39 bits per heavy atom. The van der Waals surface area contributed by atoms with Gasteiger partial charge >= 0.3 is 0 Å². The summed E-state index contributed by atoms with van der Waals surface area (Å²) < 4.78 is 0. The van der Waals surface area contributed by atoms with Crippen molar-refractivity contribution in [3.63, 3.8) is 0 Å². The largest absolute Gasteiger partial charge is 0.369 e. The summed E-state index contributed by atoms with van der Waals surface area (Å²) >= 11 is 1.68. The fourth-order valence-electron chi connectivity index (χ4n) is 1.59. The molecule has 0 aromatic carbocycles. The molecule has 0 fully saturated rings. The van der Waals surface area contributed by atoms with Crippen molar-refractivity contribution < 1.29 is 0 Å². The van der Waals surface area contributed by atoms with E-state index in [0.29, 0.717) is 11.9 Å². The molecule has 2 rings (SSSR count). The van der Waals surface area contributed by atoms with Crippen LogP contribution in [0.3, 0.4) is 0 Å². The number of nitrogens with zero attached hydrogens (tertiary/aromatic N) is 3. The van der Waals surface area contributed by atoms with Crippen LogP contribution in [0.25, 0.3) is 0 Å². The number of rotatable bonds is 5. The Labute approximate surface area is 111 Å². The molecule has 0 spiro atoms. The van der Waals surface area contributed by atoms with Crippen LogP contribution in [0.4, 0.5) is 11.8 Å². The number of anilines is 2. The summed E-state index contributed by atoms with van der Waals surface area (Å²) in [5.41, 5.74) is 0.943. The van der Waals surface area contributed by atoms with Crippen molar-refractivity contribution in [2.45, 2.75) is 19.8 Å². The van der Waals surface area contributed by atoms with Gasteiger partial charge < -0.3 is 10.6 Å². The van der Waals surface area contributed by atoms with Gasteiger partial charge in [-0.2, -0.15) is 4.98 Å². The third kappa shape index (κ3) is 3.16. The molecule has 1 unspecified atom stereocenters. The Morgan fingerprint density at radius 2 is 2.22 bits per heavy atom. The predicted octanol–water partition coefficient (Wildman–Crippen LogP) is 2.50. The van der Waals surface area contributed by atoms with Crippen molar-refractivity contribution in [3.8, 4) is 0 Å². The maximum Gasteiger partial charge on any atom is 0.224 e. The lowest BCUT2D eigenvalue weighted by Gasteiger charge is -2.11. The van der Waals surface area contributed by atoms with E-state index in [1.54, 1.807) is 11.3 Å². The molecular weight excluding hydrogens is 246 g/mol. The SMILES string of the molecule is CNc1nc(C)cc(NCC(C)c2nccs2)n1. The molecule has 0 aliphatic rings. The molecule has 0 bridgehead atoms. The van der Waals surface area contributed by atoms with Crippen LogP contribution in [-0.2, 0) is 0 Å². The molecule has 0 aliphatic carbocycles. The van der Waals surface area contributed by atoms with Gasteiger partial charge in [-0.15, -0.1) is 11.3 Å². The monoisotopic (exact) mass is 263 g/mol. The first-order chi connectivity index (χ1) is 8.69. The fraction of sp³-hybridized carbons (Fsp3) is 0.417. The summed E-state index contributed by atoms with van der Waals surface area (Å²) in [4.78, 5) is 12.9. The molecule has 18 heavy (non-hydrogen) atoms. The number of aryl methyl sites for hydroxylation is 1. The molecule has 5 nitrogen and oxygen atoms in total. The zero-order valence-electron chi connectivity index (χ0n) is 10.8. The molecule has 96 valence electrons. The number of aromatic nitrogens is 3. The lowest BCUT2D eigenvalue weighted by Crippen LogP contribution is -2.12. The first-order valence-corrected chi connectivity index (χ1v) is 6.73. The summed E-state index contributed by atoms with van der Waals surface area (Å²) in [5, 5.41) is 9.42. The molecule has 0 aliphatic heterocycles. The second kappa shape index (κ2) is 5.77. The van der Waals surface area contributed by atoms with Crippen LogP contribution in [-0.4, -0.2) is 28.5 Å². The van der Waals surface area contributed by atoms with Gasteiger partial charge in [0.1, 0.15) is 5.82 Å². The highest BCUT2D eigenvalue weighted by Gasteiger charge is 2.08. The van der Waals surface area contributed by atoms with E-state index < -0.39 is 0 Å². The van der Waals surface area contributed by atoms with Crippen molar-refractivity contribution in [1.29, 1.82) is 0 Å². The van der Waals surface area contributed by atoms with E-state index in [1.807, 2.05) is 31.6 Å². The van der Waals surface area contributed by atoms with Crippen molar-refractivity contribution in [3.05, 3.63) is 28.3 Å². The second-order valence-electron chi connectivity index (χ2n) is 4.12. The number of hydrogen-bond donors (Lipinski definition) is 2. The van der Waals surface area contributed by atoms with Gasteiger partial charge in [0.25, 0.3) is 0 Å². The van der Waals surface area contributed by atoms with Gasteiger partial charge in [0, 0.05) is 42.8 Å². The van der Waals surface area contributed by atoms with Gasteiger partial charge in [0.15, 0.2) is 0 Å². The molecule has 2 N–H and O–H groups in total. The topological polar surface area (TPSA) is 62.7 Å². The lowest BCUT2D eigenvalue weighted by atomic mass is 10.2.